The van der Waals surface area contributed by atoms with Crippen LogP contribution in [-0.4, -0.2) is 66.9 Å². The molecular weight excluding hydrogens is 407 g/mol. The Labute approximate surface area is 190 Å². The number of carbonyl (C=O) groups excluding carboxylic acids is 2. The number of nitrogens with zero attached hydrogens (tertiary/aromatic N) is 2. The largest absolute Gasteiger partial charge is 0.369 e. The molecule has 1 aromatic rings. The molecule has 0 aromatic heterocycles. The van der Waals surface area contributed by atoms with Gasteiger partial charge in [0.15, 0.2) is 0 Å². The van der Waals surface area contributed by atoms with Crippen molar-refractivity contribution in [3.8, 4) is 0 Å². The Balaban J connectivity index is 1.23. The Kier molecular flexibility index (Phi) is 7.46. The number of hydrogen-bond acceptors (Lipinski definition) is 4. The molecule has 0 spiro atoms. The average Bonchev–Trinajstić information content (AvgIpc) is 3.25. The molecule has 4 rings (SSSR count). The Morgan fingerprint density at radius 3 is 2.25 bits per heavy atom. The predicted molar refractivity (Wildman–Crippen MR) is 123 cm³/mol. The maximum atomic E-state index is 14.6. The first kappa shape index (κ1) is 23.2. The predicted octanol–water partition coefficient (Wildman–Crippen LogP) is 2.42. The number of rotatable bonds is 7. The van der Waals surface area contributed by atoms with E-state index in [9.17, 15) is 14.0 Å². The number of piperidine rings is 2. The highest BCUT2D eigenvalue weighted by molar-refractivity contribution is 5.78. The zero-order valence-electron chi connectivity index (χ0n) is 19.0. The number of benzene rings is 1. The van der Waals surface area contributed by atoms with E-state index in [0.29, 0.717) is 6.54 Å². The van der Waals surface area contributed by atoms with Gasteiger partial charge in [-0.1, -0.05) is 31.0 Å². The summed E-state index contributed by atoms with van der Waals surface area (Å²) >= 11 is 0. The van der Waals surface area contributed by atoms with Crippen molar-refractivity contribution in [1.29, 1.82) is 0 Å². The standard InChI is InChI=1S/C25H37FN4O2/c26-22-6-2-1-5-21(22)25(11-3-4-12-25)18-30-15-9-20(10-16-30)28-23(31)17-29-13-7-19(8-14-29)24(27)32/h1-2,5-6,19-20H,3-4,7-18H2,(H2,27,32)(H,28,31). The number of primary amides is 1. The molecule has 6 nitrogen and oxygen atoms in total. The van der Waals surface area contributed by atoms with Crippen LogP contribution in [0, 0.1) is 11.7 Å². The van der Waals surface area contributed by atoms with E-state index in [0.717, 1.165) is 89.7 Å². The molecule has 0 radical (unpaired) electrons. The molecule has 2 amide bonds. The maximum absolute atomic E-state index is 14.6. The quantitative estimate of drug-likeness (QED) is 0.677. The SMILES string of the molecule is NC(=O)C1CCN(CC(=O)NC2CCN(CC3(c4ccccc4F)CCCC3)CC2)CC1. The molecular formula is C25H37FN4O2. The molecule has 7 heteroatoms. The molecule has 32 heavy (non-hydrogen) atoms. The van der Waals surface area contributed by atoms with Crippen LogP contribution in [0.4, 0.5) is 4.39 Å². The van der Waals surface area contributed by atoms with Crippen molar-refractivity contribution in [3.05, 3.63) is 35.6 Å². The number of hydrogen-bond donors (Lipinski definition) is 2. The summed E-state index contributed by atoms with van der Waals surface area (Å²) in [6.07, 6.45) is 7.78. The van der Waals surface area contributed by atoms with E-state index in [4.69, 9.17) is 5.73 Å². The first-order chi connectivity index (χ1) is 15.4. The van der Waals surface area contributed by atoms with E-state index in [2.05, 4.69) is 15.1 Å². The second kappa shape index (κ2) is 10.3. The second-order valence-electron chi connectivity index (χ2n) is 10.0. The van der Waals surface area contributed by atoms with Crippen LogP contribution in [-0.2, 0) is 15.0 Å². The van der Waals surface area contributed by atoms with Crippen LogP contribution in [0.3, 0.4) is 0 Å². The Morgan fingerprint density at radius 1 is 1.00 bits per heavy atom. The fraction of sp³-hybridized carbons (Fsp3) is 0.680. The van der Waals surface area contributed by atoms with Gasteiger partial charge in [-0.25, -0.2) is 4.39 Å². The van der Waals surface area contributed by atoms with Gasteiger partial charge < -0.3 is 16.0 Å². The van der Waals surface area contributed by atoms with Gasteiger partial charge in [-0.15, -0.1) is 0 Å². The fourth-order valence-corrected chi connectivity index (χ4v) is 5.97. The molecule has 2 saturated heterocycles. The third-order valence-corrected chi connectivity index (χ3v) is 7.84. The van der Waals surface area contributed by atoms with Crippen LogP contribution in [0.2, 0.25) is 0 Å². The molecule has 2 aliphatic heterocycles. The second-order valence-corrected chi connectivity index (χ2v) is 10.0. The smallest absolute Gasteiger partial charge is 0.234 e. The lowest BCUT2D eigenvalue weighted by Gasteiger charge is -2.40. The molecule has 176 valence electrons. The van der Waals surface area contributed by atoms with Crippen molar-refractivity contribution in [1.82, 2.24) is 15.1 Å². The summed E-state index contributed by atoms with van der Waals surface area (Å²) in [7, 11) is 0. The van der Waals surface area contributed by atoms with Gasteiger partial charge in [0.25, 0.3) is 0 Å². The maximum Gasteiger partial charge on any atom is 0.234 e. The lowest BCUT2D eigenvalue weighted by atomic mass is 9.77. The summed E-state index contributed by atoms with van der Waals surface area (Å²) in [6.45, 7) is 4.66. The lowest BCUT2D eigenvalue weighted by Crippen LogP contribution is -2.50. The van der Waals surface area contributed by atoms with E-state index < -0.39 is 0 Å². The summed E-state index contributed by atoms with van der Waals surface area (Å²) in [4.78, 5) is 28.4. The summed E-state index contributed by atoms with van der Waals surface area (Å²) in [5.74, 6) is -0.280. The Morgan fingerprint density at radius 2 is 1.62 bits per heavy atom. The minimum absolute atomic E-state index is 0.0499. The van der Waals surface area contributed by atoms with E-state index in [1.807, 2.05) is 12.1 Å². The molecule has 1 aliphatic carbocycles. The highest BCUT2D eigenvalue weighted by atomic mass is 19.1. The third kappa shape index (κ3) is 5.49. The highest BCUT2D eigenvalue weighted by Gasteiger charge is 2.39. The van der Waals surface area contributed by atoms with Crippen LogP contribution in [0.5, 0.6) is 0 Å². The molecule has 3 fully saturated rings. The Bertz CT molecular complexity index is 795. The normalized spacial score (nSPS) is 23.3. The molecule has 0 bridgehead atoms. The summed E-state index contributed by atoms with van der Waals surface area (Å²) in [5, 5.41) is 3.21. The first-order valence-corrected chi connectivity index (χ1v) is 12.2. The van der Waals surface area contributed by atoms with Crippen LogP contribution in [0.25, 0.3) is 0 Å². The van der Waals surface area contributed by atoms with Crippen molar-refractivity contribution >= 4 is 11.8 Å². The summed E-state index contributed by atoms with van der Waals surface area (Å²) in [6, 6.07) is 7.49. The molecule has 0 atom stereocenters. The topological polar surface area (TPSA) is 78.7 Å². The summed E-state index contributed by atoms with van der Waals surface area (Å²) < 4.78 is 14.6. The van der Waals surface area contributed by atoms with Gasteiger partial charge in [-0.3, -0.25) is 14.5 Å². The minimum atomic E-state index is -0.227. The minimum Gasteiger partial charge on any atom is -0.369 e. The number of nitrogens with two attached hydrogens (primary N) is 1. The monoisotopic (exact) mass is 444 g/mol. The van der Waals surface area contributed by atoms with E-state index in [1.165, 1.54) is 0 Å². The molecule has 1 saturated carbocycles. The Hall–Kier alpha value is -1.99. The van der Waals surface area contributed by atoms with Gasteiger partial charge in [0.1, 0.15) is 5.82 Å². The number of amides is 2. The van der Waals surface area contributed by atoms with Crippen molar-refractivity contribution < 1.29 is 14.0 Å². The molecule has 2 heterocycles. The zero-order valence-corrected chi connectivity index (χ0v) is 19.0. The molecule has 1 aromatic carbocycles. The number of carbonyl (C=O) groups is 2. The van der Waals surface area contributed by atoms with Crippen molar-refractivity contribution in [2.75, 3.05) is 39.3 Å². The van der Waals surface area contributed by atoms with Gasteiger partial charge >= 0.3 is 0 Å². The van der Waals surface area contributed by atoms with Gasteiger partial charge in [0, 0.05) is 37.0 Å². The molecule has 3 aliphatic rings. The van der Waals surface area contributed by atoms with Gasteiger partial charge in [0.05, 0.1) is 6.54 Å². The van der Waals surface area contributed by atoms with E-state index in [-0.39, 0.29) is 35.0 Å². The van der Waals surface area contributed by atoms with Crippen LogP contribution < -0.4 is 11.1 Å². The number of nitrogens with one attached hydrogen (secondary N) is 1. The number of halogens is 1. The summed E-state index contributed by atoms with van der Waals surface area (Å²) in [5.41, 5.74) is 6.20. The van der Waals surface area contributed by atoms with Gasteiger partial charge in [-0.05, 0) is 63.2 Å². The highest BCUT2D eigenvalue weighted by Crippen LogP contribution is 2.43. The lowest BCUT2D eigenvalue weighted by molar-refractivity contribution is -0.124. The fourth-order valence-electron chi connectivity index (χ4n) is 5.97. The van der Waals surface area contributed by atoms with Gasteiger partial charge in [0.2, 0.25) is 11.8 Å². The first-order valence-electron chi connectivity index (χ1n) is 12.2. The van der Waals surface area contributed by atoms with E-state index in [1.54, 1.807) is 12.1 Å². The van der Waals surface area contributed by atoms with Crippen LogP contribution in [0.15, 0.2) is 24.3 Å². The van der Waals surface area contributed by atoms with Crippen LogP contribution in [0.1, 0.15) is 56.9 Å². The van der Waals surface area contributed by atoms with Gasteiger partial charge in [-0.2, -0.15) is 0 Å². The van der Waals surface area contributed by atoms with Crippen LogP contribution >= 0.6 is 0 Å². The average molecular weight is 445 g/mol. The third-order valence-electron chi connectivity index (χ3n) is 7.84. The zero-order chi connectivity index (χ0) is 22.6. The van der Waals surface area contributed by atoms with Crippen molar-refractivity contribution in [3.63, 3.8) is 0 Å². The van der Waals surface area contributed by atoms with E-state index >= 15 is 0 Å². The van der Waals surface area contributed by atoms with Crippen molar-refractivity contribution in [2.45, 2.75) is 62.8 Å². The number of likely N-dealkylation sites (tertiary alicyclic amines) is 2. The van der Waals surface area contributed by atoms with Crippen molar-refractivity contribution in [2.24, 2.45) is 11.7 Å². The molecule has 0 unspecified atom stereocenters. The molecule has 3 N–H and O–H groups in total.